The largest absolute Gasteiger partial charge is 0.240 e. The minimum absolute atomic E-state index is 0.0174. The van der Waals surface area contributed by atoms with Gasteiger partial charge in [-0.1, -0.05) is 11.6 Å². The van der Waals surface area contributed by atoms with Crippen molar-refractivity contribution in [2.24, 2.45) is 0 Å². The monoisotopic (exact) mass is 385 g/mol. The van der Waals surface area contributed by atoms with Crippen LogP contribution in [0.1, 0.15) is 5.82 Å². The van der Waals surface area contributed by atoms with Crippen LogP contribution in [-0.2, 0) is 16.6 Å². The molecule has 0 aliphatic rings. The Hall–Kier alpha value is -2.43. The zero-order valence-electron chi connectivity index (χ0n) is 12.4. The number of aromatic nitrogens is 4. The first-order valence-electron chi connectivity index (χ1n) is 6.85. The second-order valence-corrected chi connectivity index (χ2v) is 7.09. The summed E-state index contributed by atoms with van der Waals surface area (Å²) in [5, 5.41) is 11.2. The Morgan fingerprint density at radius 2 is 1.80 bits per heavy atom. The summed E-state index contributed by atoms with van der Waals surface area (Å²) >= 11 is 5.73. The Bertz CT molecular complexity index is 1010. The van der Waals surface area contributed by atoms with Crippen LogP contribution in [0.25, 0.3) is 5.69 Å². The van der Waals surface area contributed by atoms with Gasteiger partial charge >= 0.3 is 0 Å². The standard InChI is InChI=1S/C14H10ClF2N5O2S/c15-9-1-4-11(5-2-9)25(23,24)18-8-14-19-20-21-22(14)10-3-6-12(16)13(17)7-10/h1-7,18H,8H2. The predicted octanol–water partition coefficient (Wildman–Crippen LogP) is 2.07. The van der Waals surface area contributed by atoms with E-state index in [0.717, 1.165) is 16.8 Å². The van der Waals surface area contributed by atoms with E-state index in [4.69, 9.17) is 11.6 Å². The van der Waals surface area contributed by atoms with Gasteiger partial charge in [-0.2, -0.15) is 4.68 Å². The Kier molecular flexibility index (Phi) is 4.75. The Morgan fingerprint density at radius 3 is 2.48 bits per heavy atom. The van der Waals surface area contributed by atoms with E-state index in [-0.39, 0.29) is 23.0 Å². The second kappa shape index (κ2) is 6.82. The molecule has 0 unspecified atom stereocenters. The molecule has 0 saturated heterocycles. The van der Waals surface area contributed by atoms with Crippen molar-refractivity contribution < 1.29 is 17.2 Å². The van der Waals surface area contributed by atoms with Crippen LogP contribution < -0.4 is 4.72 Å². The number of hydrogen-bond donors (Lipinski definition) is 1. The molecule has 0 aliphatic heterocycles. The van der Waals surface area contributed by atoms with Crippen molar-refractivity contribution in [1.29, 1.82) is 0 Å². The lowest BCUT2D eigenvalue weighted by molar-refractivity contribution is 0.507. The topological polar surface area (TPSA) is 89.8 Å². The molecule has 0 amide bonds. The molecule has 0 bridgehead atoms. The molecule has 11 heteroatoms. The lowest BCUT2D eigenvalue weighted by atomic mass is 10.3. The van der Waals surface area contributed by atoms with E-state index >= 15 is 0 Å². The van der Waals surface area contributed by atoms with Gasteiger partial charge in [-0.05, 0) is 46.8 Å². The van der Waals surface area contributed by atoms with Crippen LogP contribution in [0, 0.1) is 11.6 Å². The summed E-state index contributed by atoms with van der Waals surface area (Å²) < 4.78 is 54.3. The third kappa shape index (κ3) is 3.81. The average molecular weight is 386 g/mol. The first-order chi connectivity index (χ1) is 11.9. The fraction of sp³-hybridized carbons (Fsp3) is 0.0714. The van der Waals surface area contributed by atoms with Gasteiger partial charge in [0, 0.05) is 11.1 Å². The smallest absolute Gasteiger partial charge is 0.207 e. The lowest BCUT2D eigenvalue weighted by Gasteiger charge is -2.08. The molecule has 2 aromatic carbocycles. The first kappa shape index (κ1) is 17.4. The number of nitrogens with zero attached hydrogens (tertiary/aromatic N) is 4. The molecule has 0 spiro atoms. The quantitative estimate of drug-likeness (QED) is 0.726. The van der Waals surface area contributed by atoms with E-state index in [1.165, 1.54) is 30.3 Å². The van der Waals surface area contributed by atoms with Gasteiger partial charge in [0.15, 0.2) is 17.5 Å². The van der Waals surface area contributed by atoms with Crippen molar-refractivity contribution in [1.82, 2.24) is 24.9 Å². The highest BCUT2D eigenvalue weighted by atomic mass is 35.5. The fourth-order valence-corrected chi connectivity index (χ4v) is 3.10. The molecular weight excluding hydrogens is 376 g/mol. The Balaban J connectivity index is 1.82. The highest BCUT2D eigenvalue weighted by Gasteiger charge is 2.17. The van der Waals surface area contributed by atoms with Crippen LogP contribution in [0.2, 0.25) is 5.02 Å². The number of rotatable bonds is 5. The summed E-state index contributed by atoms with van der Waals surface area (Å²) in [6.07, 6.45) is 0. The molecule has 3 rings (SSSR count). The molecule has 1 heterocycles. The van der Waals surface area contributed by atoms with Crippen LogP contribution in [-0.4, -0.2) is 28.6 Å². The molecular formula is C14H10ClF2N5O2S. The minimum Gasteiger partial charge on any atom is -0.207 e. The third-order valence-corrected chi connectivity index (χ3v) is 4.90. The number of tetrazole rings is 1. The molecule has 0 fully saturated rings. The Labute approximate surface area is 146 Å². The van der Waals surface area contributed by atoms with Gasteiger partial charge < -0.3 is 0 Å². The number of nitrogens with one attached hydrogen (secondary N) is 1. The van der Waals surface area contributed by atoms with E-state index in [9.17, 15) is 17.2 Å². The van der Waals surface area contributed by atoms with Crippen molar-refractivity contribution in [3.63, 3.8) is 0 Å². The molecule has 0 radical (unpaired) electrons. The van der Waals surface area contributed by atoms with Crippen molar-refractivity contribution in [3.8, 4) is 5.69 Å². The van der Waals surface area contributed by atoms with Gasteiger partial charge in [0.1, 0.15) is 0 Å². The van der Waals surface area contributed by atoms with E-state index in [0.29, 0.717) is 5.02 Å². The highest BCUT2D eigenvalue weighted by molar-refractivity contribution is 7.89. The van der Waals surface area contributed by atoms with Gasteiger partial charge in [0.2, 0.25) is 10.0 Å². The van der Waals surface area contributed by atoms with Crippen LogP contribution in [0.15, 0.2) is 47.4 Å². The molecule has 130 valence electrons. The van der Waals surface area contributed by atoms with Gasteiger partial charge in [-0.15, -0.1) is 5.10 Å². The van der Waals surface area contributed by atoms with Gasteiger partial charge in [-0.25, -0.2) is 21.9 Å². The number of hydrogen-bond acceptors (Lipinski definition) is 5. The summed E-state index contributed by atoms with van der Waals surface area (Å²) in [5.74, 6) is -1.98. The molecule has 25 heavy (non-hydrogen) atoms. The van der Waals surface area contributed by atoms with E-state index in [2.05, 4.69) is 20.2 Å². The Morgan fingerprint density at radius 1 is 1.08 bits per heavy atom. The van der Waals surface area contributed by atoms with Crippen LogP contribution in [0.3, 0.4) is 0 Å². The zero-order valence-corrected chi connectivity index (χ0v) is 14.0. The fourth-order valence-electron chi connectivity index (χ4n) is 1.99. The van der Waals surface area contributed by atoms with E-state index in [1.807, 2.05) is 0 Å². The molecule has 1 N–H and O–H groups in total. The maximum atomic E-state index is 13.4. The number of halogens is 3. The molecule has 0 atom stereocenters. The highest BCUT2D eigenvalue weighted by Crippen LogP contribution is 2.15. The molecule has 1 aromatic heterocycles. The normalized spacial score (nSPS) is 11.6. The van der Waals surface area contributed by atoms with E-state index < -0.39 is 21.7 Å². The van der Waals surface area contributed by atoms with Crippen LogP contribution in [0.4, 0.5) is 8.78 Å². The number of sulfonamides is 1. The average Bonchev–Trinajstić information content (AvgIpc) is 3.05. The number of benzene rings is 2. The van der Waals surface area contributed by atoms with E-state index in [1.54, 1.807) is 0 Å². The van der Waals surface area contributed by atoms with Gasteiger partial charge in [-0.3, -0.25) is 0 Å². The summed E-state index contributed by atoms with van der Waals surface area (Å²) in [6, 6.07) is 8.69. The molecule has 0 saturated carbocycles. The summed E-state index contributed by atoms with van der Waals surface area (Å²) in [6.45, 7) is -0.253. The summed E-state index contributed by atoms with van der Waals surface area (Å²) in [5.41, 5.74) is 0.157. The van der Waals surface area contributed by atoms with Crippen LogP contribution in [0.5, 0.6) is 0 Å². The summed E-state index contributed by atoms with van der Waals surface area (Å²) in [4.78, 5) is 0.0174. The maximum absolute atomic E-state index is 13.4. The molecule has 7 nitrogen and oxygen atoms in total. The summed E-state index contributed by atoms with van der Waals surface area (Å²) in [7, 11) is -3.82. The van der Waals surface area contributed by atoms with Crippen molar-refractivity contribution in [2.75, 3.05) is 0 Å². The lowest BCUT2D eigenvalue weighted by Crippen LogP contribution is -2.25. The van der Waals surface area contributed by atoms with Crippen molar-refractivity contribution in [2.45, 2.75) is 11.4 Å². The second-order valence-electron chi connectivity index (χ2n) is 4.88. The third-order valence-electron chi connectivity index (χ3n) is 3.23. The predicted molar refractivity (Wildman–Crippen MR) is 84.5 cm³/mol. The van der Waals surface area contributed by atoms with Crippen molar-refractivity contribution >= 4 is 21.6 Å². The van der Waals surface area contributed by atoms with Crippen LogP contribution >= 0.6 is 11.6 Å². The van der Waals surface area contributed by atoms with Gasteiger partial charge in [0.05, 0.1) is 17.1 Å². The molecule has 3 aromatic rings. The minimum atomic E-state index is -3.82. The first-order valence-corrected chi connectivity index (χ1v) is 8.71. The zero-order chi connectivity index (χ0) is 18.0. The molecule has 0 aliphatic carbocycles. The maximum Gasteiger partial charge on any atom is 0.240 e. The van der Waals surface area contributed by atoms with Gasteiger partial charge in [0.25, 0.3) is 0 Å². The SMILES string of the molecule is O=S(=O)(NCc1nnnn1-c1ccc(F)c(F)c1)c1ccc(Cl)cc1. The van der Waals surface area contributed by atoms with Crippen molar-refractivity contribution in [3.05, 3.63) is 64.9 Å².